The van der Waals surface area contributed by atoms with Crippen LogP contribution in [-0.4, -0.2) is 0 Å². The van der Waals surface area contributed by atoms with Crippen LogP contribution in [0, 0.1) is 13.3 Å². The fraction of sp³-hybridized carbons (Fsp3) is 0. The van der Waals surface area contributed by atoms with Crippen molar-refractivity contribution in [3.05, 3.63) is 207 Å². The van der Waals surface area contributed by atoms with E-state index in [0.717, 1.165) is 0 Å². The summed E-state index contributed by atoms with van der Waals surface area (Å²) in [6.45, 7) is 9.00. The third-order valence-corrected chi connectivity index (χ3v) is 13.6. The molecular formula is C46H32O2P2Rh. The molecule has 0 aromatic heterocycles. The molecule has 0 atom stereocenters. The quantitative estimate of drug-likeness (QED) is 0.0671. The second-order valence-corrected chi connectivity index (χ2v) is 15.7. The first-order valence-electron chi connectivity index (χ1n) is 16.1. The van der Waals surface area contributed by atoms with Gasteiger partial charge in [-0.2, -0.15) is 0 Å². The predicted molar refractivity (Wildman–Crippen MR) is 212 cm³/mol. The minimum Gasteiger partial charge on any atom is -0.0622 e. The summed E-state index contributed by atoms with van der Waals surface area (Å²) in [5.41, 5.74) is 2.70. The summed E-state index contributed by atoms with van der Waals surface area (Å²) in [5, 5.41) is 13.3. The Morgan fingerprint density at radius 1 is 0.294 bits per heavy atom. The van der Waals surface area contributed by atoms with Crippen LogP contribution in [0.3, 0.4) is 0 Å². The van der Waals surface area contributed by atoms with Gasteiger partial charge in [0.1, 0.15) is 0 Å². The Morgan fingerprint density at radius 2 is 0.549 bits per heavy atom. The minimum atomic E-state index is -0.852. The van der Waals surface area contributed by atoms with E-state index in [-0.39, 0.29) is 19.5 Å². The van der Waals surface area contributed by atoms with Crippen LogP contribution >= 0.6 is 15.8 Å². The maximum absolute atomic E-state index is 7.50. The Bertz CT molecular complexity index is 2110. The van der Waals surface area contributed by atoms with E-state index in [4.69, 9.17) is 9.30 Å². The molecule has 0 spiro atoms. The minimum absolute atomic E-state index is 0. The maximum atomic E-state index is 7.50. The molecule has 2 nitrogen and oxygen atoms in total. The summed E-state index contributed by atoms with van der Waals surface area (Å²) in [6.07, 6.45) is 0. The Hall–Kier alpha value is -4.76. The van der Waals surface area contributed by atoms with Crippen molar-refractivity contribution in [2.75, 3.05) is 0 Å². The third kappa shape index (κ3) is 7.94. The molecule has 0 saturated carbocycles. The van der Waals surface area contributed by atoms with Crippen molar-refractivity contribution in [2.24, 2.45) is 0 Å². The largest absolute Gasteiger partial charge is 0.0622 e. The van der Waals surface area contributed by atoms with Crippen LogP contribution in [0.1, 0.15) is 0 Å². The van der Waals surface area contributed by atoms with Crippen LogP contribution in [-0.2, 0) is 28.8 Å². The Labute approximate surface area is 314 Å². The molecule has 8 aromatic carbocycles. The molecule has 0 bridgehead atoms. The molecular weight excluding hydrogens is 749 g/mol. The summed E-state index contributed by atoms with van der Waals surface area (Å²) in [7, 11) is -1.70. The van der Waals surface area contributed by atoms with E-state index in [1.807, 2.05) is 0 Å². The van der Waals surface area contributed by atoms with Gasteiger partial charge in [-0.3, -0.25) is 0 Å². The molecule has 247 valence electrons. The topological polar surface area (TPSA) is 39.8 Å². The van der Waals surface area contributed by atoms with E-state index in [0.29, 0.717) is 0 Å². The van der Waals surface area contributed by atoms with Gasteiger partial charge in [0.2, 0.25) is 0 Å². The average Bonchev–Trinajstić information content (AvgIpc) is 3.21. The zero-order valence-corrected chi connectivity index (χ0v) is 30.9. The molecule has 0 N–H and O–H groups in total. The van der Waals surface area contributed by atoms with Crippen LogP contribution in [0.25, 0.3) is 32.7 Å². The van der Waals surface area contributed by atoms with Gasteiger partial charge >= 0.3 is 22.6 Å². The SMILES string of the molecule is [C-]#[O+].[C-]#[O+].[Rh].c1ccc(P(c2ccccc2)c2ccc3ccccc3c2-c2c(P(c3ccccc3)c3ccccc3)ccc3ccccc23)cc1. The number of benzene rings is 8. The molecule has 0 heterocycles. The first-order valence-corrected chi connectivity index (χ1v) is 18.8. The second-order valence-electron chi connectivity index (χ2n) is 11.4. The number of hydrogen-bond donors (Lipinski definition) is 0. The average molecular weight is 782 g/mol. The van der Waals surface area contributed by atoms with Crippen molar-refractivity contribution >= 4 is 69.2 Å². The molecule has 0 aliphatic carbocycles. The van der Waals surface area contributed by atoms with E-state index < -0.39 is 15.8 Å². The molecule has 1 radical (unpaired) electrons. The zero-order chi connectivity index (χ0) is 34.7. The van der Waals surface area contributed by atoms with Gasteiger partial charge in [-0.05, 0) is 80.3 Å². The third-order valence-electron chi connectivity index (χ3n) is 8.60. The fourth-order valence-corrected chi connectivity index (χ4v) is 11.5. The van der Waals surface area contributed by atoms with Crippen molar-refractivity contribution < 1.29 is 28.8 Å². The molecule has 0 aliphatic rings. The van der Waals surface area contributed by atoms with Gasteiger partial charge < -0.3 is 0 Å². The van der Waals surface area contributed by atoms with Crippen molar-refractivity contribution in [1.82, 2.24) is 0 Å². The maximum Gasteiger partial charge on any atom is 0 e. The normalized spacial score (nSPS) is 10.4. The van der Waals surface area contributed by atoms with Gasteiger partial charge in [-0.25, -0.2) is 0 Å². The first kappa shape index (κ1) is 37.5. The van der Waals surface area contributed by atoms with Crippen LogP contribution in [0.4, 0.5) is 0 Å². The van der Waals surface area contributed by atoms with Gasteiger partial charge in [0.05, 0.1) is 0 Å². The molecule has 0 fully saturated rings. The van der Waals surface area contributed by atoms with E-state index in [9.17, 15) is 0 Å². The van der Waals surface area contributed by atoms with E-state index in [2.05, 4.69) is 207 Å². The summed E-state index contributed by atoms with van der Waals surface area (Å²) in [5.74, 6) is 0. The second kappa shape index (κ2) is 18.5. The number of hydrogen-bond acceptors (Lipinski definition) is 0. The number of rotatable bonds is 7. The standard InChI is InChI=1S/C44H32P2.2CO.Rh/c1-5-19-35(20-6-1)45(36-21-7-2-8-22-36)41-31-29-33-17-13-15-27-39(33)43(41)44-40-28-16-14-18-34(40)30-32-42(44)46(37-23-9-3-10-24-37)38-25-11-4-12-26-38;2*1-2;/h1-32H;;;. The number of fused-ring (bicyclic) bond motifs is 2. The van der Waals surface area contributed by atoms with Gasteiger partial charge in [-0.15, -0.1) is 0 Å². The predicted octanol–water partition coefficient (Wildman–Crippen LogP) is 9.10. The monoisotopic (exact) mass is 781 g/mol. The summed E-state index contributed by atoms with van der Waals surface area (Å²) >= 11 is 0. The Balaban J connectivity index is 0.000000975. The molecule has 0 amide bonds. The van der Waals surface area contributed by atoms with E-state index >= 15 is 0 Å². The first-order chi connectivity index (χ1) is 24.9. The van der Waals surface area contributed by atoms with Crippen molar-refractivity contribution in [2.45, 2.75) is 0 Å². The Morgan fingerprint density at radius 3 is 0.843 bits per heavy atom. The zero-order valence-electron chi connectivity index (χ0n) is 27.5. The Kier molecular flexibility index (Phi) is 13.6. The van der Waals surface area contributed by atoms with E-state index in [1.165, 1.54) is 64.5 Å². The van der Waals surface area contributed by atoms with Gasteiger partial charge in [0.15, 0.2) is 0 Å². The molecule has 51 heavy (non-hydrogen) atoms. The van der Waals surface area contributed by atoms with Gasteiger partial charge in [0.25, 0.3) is 0 Å². The fourth-order valence-electron chi connectivity index (χ4n) is 6.58. The van der Waals surface area contributed by atoms with Crippen molar-refractivity contribution in [3.63, 3.8) is 0 Å². The smallest absolute Gasteiger partial charge is 0 e. The molecule has 5 heteroatoms. The summed E-state index contributed by atoms with van der Waals surface area (Å²) in [6, 6.07) is 71.8. The molecule has 0 aliphatic heterocycles. The van der Waals surface area contributed by atoms with Crippen LogP contribution < -0.4 is 31.8 Å². The summed E-state index contributed by atoms with van der Waals surface area (Å²) < 4.78 is 15.0. The van der Waals surface area contributed by atoms with Crippen LogP contribution in [0.15, 0.2) is 194 Å². The molecule has 8 aromatic rings. The van der Waals surface area contributed by atoms with Crippen LogP contribution in [0.2, 0.25) is 0 Å². The van der Waals surface area contributed by atoms with Crippen molar-refractivity contribution in [1.29, 1.82) is 0 Å². The molecule has 0 unspecified atom stereocenters. The van der Waals surface area contributed by atoms with E-state index in [1.54, 1.807) is 0 Å². The van der Waals surface area contributed by atoms with Gasteiger partial charge in [-0.1, -0.05) is 194 Å². The summed E-state index contributed by atoms with van der Waals surface area (Å²) in [4.78, 5) is 0. The van der Waals surface area contributed by atoms with Gasteiger partial charge in [0, 0.05) is 19.5 Å². The van der Waals surface area contributed by atoms with Crippen LogP contribution in [0.5, 0.6) is 0 Å². The van der Waals surface area contributed by atoms with Crippen molar-refractivity contribution in [3.8, 4) is 11.1 Å². The molecule has 0 saturated heterocycles. The molecule has 8 rings (SSSR count).